The quantitative estimate of drug-likeness (QED) is 0.902. The molecule has 0 aromatic carbocycles. The summed E-state index contributed by atoms with van der Waals surface area (Å²) in [5.41, 5.74) is 1.09. The molecule has 6 heteroatoms. The van der Waals surface area contributed by atoms with Crippen molar-refractivity contribution in [2.24, 2.45) is 5.92 Å². The van der Waals surface area contributed by atoms with Crippen molar-refractivity contribution in [1.29, 1.82) is 0 Å². The Hall–Kier alpha value is -0.880. The minimum Gasteiger partial charge on any atom is -0.440 e. The molecule has 1 saturated heterocycles. The number of likely N-dealkylation sites (tertiary alicyclic amines) is 1. The van der Waals surface area contributed by atoms with E-state index in [1.807, 2.05) is 20.0 Å². The number of rotatable bonds is 5. The van der Waals surface area contributed by atoms with Crippen LogP contribution < -0.4 is 5.32 Å². The average molecular weight is 342 g/mol. The third kappa shape index (κ3) is 4.10. The van der Waals surface area contributed by atoms with Crippen LogP contribution in [0.5, 0.6) is 0 Å². The van der Waals surface area contributed by atoms with Crippen molar-refractivity contribution in [3.05, 3.63) is 29.0 Å². The second kappa shape index (κ2) is 8.11. The van der Waals surface area contributed by atoms with Gasteiger partial charge in [-0.15, -0.1) is 23.7 Å². The fourth-order valence-electron chi connectivity index (χ4n) is 3.04. The SMILES string of the molecule is CNCC1CCCN(Cc2nc(-c3cccs3)oc2C)C1.Cl. The van der Waals surface area contributed by atoms with E-state index in [1.54, 1.807) is 11.3 Å². The van der Waals surface area contributed by atoms with Crippen molar-refractivity contribution in [2.75, 3.05) is 26.7 Å². The molecule has 1 fully saturated rings. The summed E-state index contributed by atoms with van der Waals surface area (Å²) >= 11 is 1.67. The molecule has 1 N–H and O–H groups in total. The van der Waals surface area contributed by atoms with Crippen molar-refractivity contribution in [3.8, 4) is 10.8 Å². The minimum absolute atomic E-state index is 0. The molecule has 1 aliphatic rings. The zero-order chi connectivity index (χ0) is 14.7. The van der Waals surface area contributed by atoms with Gasteiger partial charge in [-0.25, -0.2) is 4.98 Å². The van der Waals surface area contributed by atoms with Gasteiger partial charge in [0.05, 0.1) is 10.6 Å². The number of hydrogen-bond donors (Lipinski definition) is 1. The van der Waals surface area contributed by atoms with E-state index in [4.69, 9.17) is 9.40 Å². The highest BCUT2D eigenvalue weighted by Crippen LogP contribution is 2.27. The highest BCUT2D eigenvalue weighted by Gasteiger charge is 2.21. The lowest BCUT2D eigenvalue weighted by Gasteiger charge is -2.32. The first-order valence-electron chi connectivity index (χ1n) is 7.63. The molecular weight excluding hydrogens is 318 g/mol. The summed E-state index contributed by atoms with van der Waals surface area (Å²) in [6.07, 6.45) is 2.61. The van der Waals surface area contributed by atoms with Crippen molar-refractivity contribution < 1.29 is 4.42 Å². The van der Waals surface area contributed by atoms with Crippen LogP contribution in [0.2, 0.25) is 0 Å². The lowest BCUT2D eigenvalue weighted by Crippen LogP contribution is -2.38. The fourth-order valence-corrected chi connectivity index (χ4v) is 3.69. The standard InChI is InChI=1S/C16H23N3OS.ClH/c1-12-14(18-16(20-12)15-6-4-8-21-15)11-19-7-3-5-13(10-19)9-17-2;/h4,6,8,13,17H,3,5,7,9-11H2,1-2H3;1H. The Labute approximate surface area is 142 Å². The van der Waals surface area contributed by atoms with E-state index in [1.165, 1.54) is 19.4 Å². The normalized spacial score (nSPS) is 19.1. The average Bonchev–Trinajstić information content (AvgIpc) is 3.10. The summed E-state index contributed by atoms with van der Waals surface area (Å²) in [5, 5.41) is 5.35. The Kier molecular flexibility index (Phi) is 6.44. The van der Waals surface area contributed by atoms with Gasteiger partial charge in [-0.1, -0.05) is 6.07 Å². The Bertz CT molecular complexity index is 568. The van der Waals surface area contributed by atoms with E-state index < -0.39 is 0 Å². The van der Waals surface area contributed by atoms with Gasteiger partial charge in [0.1, 0.15) is 5.76 Å². The van der Waals surface area contributed by atoms with Gasteiger partial charge in [0, 0.05) is 13.1 Å². The molecule has 0 radical (unpaired) electrons. The maximum atomic E-state index is 5.84. The number of aryl methyl sites for hydroxylation is 1. The van der Waals surface area contributed by atoms with Crippen molar-refractivity contribution in [2.45, 2.75) is 26.3 Å². The number of hydrogen-bond acceptors (Lipinski definition) is 5. The number of piperidine rings is 1. The Morgan fingerprint density at radius 2 is 2.36 bits per heavy atom. The molecule has 1 aliphatic heterocycles. The predicted octanol–water partition coefficient (Wildman–Crippen LogP) is 3.56. The first-order valence-corrected chi connectivity index (χ1v) is 8.51. The molecule has 3 rings (SSSR count). The van der Waals surface area contributed by atoms with E-state index in [-0.39, 0.29) is 12.4 Å². The van der Waals surface area contributed by atoms with Gasteiger partial charge < -0.3 is 9.73 Å². The molecule has 2 aromatic heterocycles. The van der Waals surface area contributed by atoms with Crippen molar-refractivity contribution >= 4 is 23.7 Å². The lowest BCUT2D eigenvalue weighted by atomic mass is 9.98. The molecule has 0 bridgehead atoms. The van der Waals surface area contributed by atoms with E-state index >= 15 is 0 Å². The van der Waals surface area contributed by atoms with Crippen LogP contribution in [-0.4, -0.2) is 36.6 Å². The fraction of sp³-hybridized carbons (Fsp3) is 0.562. The molecule has 22 heavy (non-hydrogen) atoms. The zero-order valence-corrected chi connectivity index (χ0v) is 14.8. The van der Waals surface area contributed by atoms with Gasteiger partial charge in [0.2, 0.25) is 5.89 Å². The first-order chi connectivity index (χ1) is 10.3. The van der Waals surface area contributed by atoms with Crippen molar-refractivity contribution in [1.82, 2.24) is 15.2 Å². The van der Waals surface area contributed by atoms with Crippen LogP contribution >= 0.6 is 23.7 Å². The summed E-state index contributed by atoms with van der Waals surface area (Å²) in [6, 6.07) is 4.09. The minimum atomic E-state index is 0. The molecule has 2 aromatic rings. The smallest absolute Gasteiger partial charge is 0.236 e. The summed E-state index contributed by atoms with van der Waals surface area (Å²) in [7, 11) is 2.04. The molecule has 0 saturated carbocycles. The predicted molar refractivity (Wildman–Crippen MR) is 93.7 cm³/mol. The van der Waals surface area contributed by atoms with E-state index in [9.17, 15) is 0 Å². The highest BCUT2D eigenvalue weighted by molar-refractivity contribution is 7.13. The first kappa shape index (κ1) is 17.5. The third-order valence-corrected chi connectivity index (χ3v) is 4.95. The number of thiophene rings is 1. The van der Waals surface area contributed by atoms with E-state index in [2.05, 4.69) is 21.7 Å². The van der Waals surface area contributed by atoms with Crippen LogP contribution in [0, 0.1) is 12.8 Å². The summed E-state index contributed by atoms with van der Waals surface area (Å²) in [4.78, 5) is 8.32. The Balaban J connectivity index is 0.00000176. The second-order valence-electron chi connectivity index (χ2n) is 5.80. The molecule has 4 nitrogen and oxygen atoms in total. The van der Waals surface area contributed by atoms with Gasteiger partial charge in [-0.2, -0.15) is 0 Å². The Morgan fingerprint density at radius 1 is 1.50 bits per heavy atom. The van der Waals surface area contributed by atoms with Crippen LogP contribution in [0.15, 0.2) is 21.9 Å². The molecular formula is C16H24ClN3OS. The van der Waals surface area contributed by atoms with Crippen molar-refractivity contribution in [3.63, 3.8) is 0 Å². The van der Waals surface area contributed by atoms with Crippen LogP contribution in [0.4, 0.5) is 0 Å². The molecule has 0 spiro atoms. The zero-order valence-electron chi connectivity index (χ0n) is 13.2. The van der Waals surface area contributed by atoms with E-state index in [0.29, 0.717) is 0 Å². The number of nitrogens with zero attached hydrogens (tertiary/aromatic N) is 2. The molecule has 3 heterocycles. The van der Waals surface area contributed by atoms with Gasteiger partial charge in [0.15, 0.2) is 0 Å². The van der Waals surface area contributed by atoms with Gasteiger partial charge >= 0.3 is 0 Å². The maximum absolute atomic E-state index is 5.84. The molecule has 0 aliphatic carbocycles. The monoisotopic (exact) mass is 341 g/mol. The molecule has 1 atom stereocenters. The van der Waals surface area contributed by atoms with E-state index in [0.717, 1.165) is 47.8 Å². The van der Waals surface area contributed by atoms with Crippen LogP contribution in [0.3, 0.4) is 0 Å². The van der Waals surface area contributed by atoms with Gasteiger partial charge in [-0.05, 0) is 57.3 Å². The van der Waals surface area contributed by atoms with Crippen LogP contribution in [-0.2, 0) is 6.54 Å². The highest BCUT2D eigenvalue weighted by atomic mass is 35.5. The lowest BCUT2D eigenvalue weighted by molar-refractivity contribution is 0.164. The summed E-state index contributed by atoms with van der Waals surface area (Å²) in [5.74, 6) is 2.48. The number of aromatic nitrogens is 1. The van der Waals surface area contributed by atoms with Crippen LogP contribution in [0.1, 0.15) is 24.3 Å². The number of halogens is 1. The summed E-state index contributed by atoms with van der Waals surface area (Å²) in [6.45, 7) is 6.35. The van der Waals surface area contributed by atoms with Gasteiger partial charge in [-0.3, -0.25) is 4.90 Å². The molecule has 122 valence electrons. The third-order valence-electron chi connectivity index (χ3n) is 4.09. The molecule has 0 amide bonds. The summed E-state index contributed by atoms with van der Waals surface area (Å²) < 4.78 is 5.84. The number of oxazole rings is 1. The van der Waals surface area contributed by atoms with Gasteiger partial charge in [0.25, 0.3) is 0 Å². The maximum Gasteiger partial charge on any atom is 0.236 e. The largest absolute Gasteiger partial charge is 0.440 e. The van der Waals surface area contributed by atoms with Crippen LogP contribution in [0.25, 0.3) is 10.8 Å². The second-order valence-corrected chi connectivity index (χ2v) is 6.75. The molecule has 1 unspecified atom stereocenters. The number of nitrogens with one attached hydrogen (secondary N) is 1. The topological polar surface area (TPSA) is 41.3 Å². The Morgan fingerprint density at radius 3 is 3.09 bits per heavy atom.